The van der Waals surface area contributed by atoms with Crippen molar-refractivity contribution in [2.75, 3.05) is 6.54 Å². The average molecular weight is 319 g/mol. The molecule has 0 aliphatic carbocycles. The van der Waals surface area contributed by atoms with Gasteiger partial charge in [0.15, 0.2) is 4.80 Å². The highest BCUT2D eigenvalue weighted by molar-refractivity contribution is 7.16. The van der Waals surface area contributed by atoms with Gasteiger partial charge in [0.2, 0.25) is 11.8 Å². The second-order valence-electron chi connectivity index (χ2n) is 6.17. The fourth-order valence-electron chi connectivity index (χ4n) is 1.90. The van der Waals surface area contributed by atoms with Crippen molar-refractivity contribution in [1.82, 2.24) is 9.88 Å². The summed E-state index contributed by atoms with van der Waals surface area (Å²) in [6.45, 7) is 5.83. The lowest BCUT2D eigenvalue weighted by molar-refractivity contribution is -0.128. The van der Waals surface area contributed by atoms with E-state index in [0.29, 0.717) is 11.3 Å². The van der Waals surface area contributed by atoms with Gasteiger partial charge in [-0.15, -0.1) is 0 Å². The first-order chi connectivity index (χ1) is 10.3. The van der Waals surface area contributed by atoms with Crippen LogP contribution in [0.1, 0.15) is 27.2 Å². The van der Waals surface area contributed by atoms with Crippen molar-refractivity contribution in [2.45, 2.75) is 27.2 Å². The number of carbonyl (C=O) groups excluding carboxylic acids is 2. The molecule has 1 N–H and O–H groups in total. The van der Waals surface area contributed by atoms with Gasteiger partial charge in [0.25, 0.3) is 0 Å². The Hall–Kier alpha value is -1.95. The molecule has 5 nitrogen and oxygen atoms in total. The maximum Gasteiger partial charge on any atom is 0.250 e. The monoisotopic (exact) mass is 319 g/mol. The fourth-order valence-corrected chi connectivity index (χ4v) is 2.93. The van der Waals surface area contributed by atoms with Gasteiger partial charge in [-0.2, -0.15) is 4.99 Å². The summed E-state index contributed by atoms with van der Waals surface area (Å²) >= 11 is 1.48. The van der Waals surface area contributed by atoms with Gasteiger partial charge in [0.05, 0.1) is 10.2 Å². The first kappa shape index (κ1) is 16.4. The highest BCUT2D eigenvalue weighted by Gasteiger charge is 2.20. The van der Waals surface area contributed by atoms with Crippen LogP contribution in [-0.2, 0) is 16.6 Å². The summed E-state index contributed by atoms with van der Waals surface area (Å²) in [5, 5.41) is 2.76. The summed E-state index contributed by atoms with van der Waals surface area (Å²) in [7, 11) is 1.90. The summed E-state index contributed by atoms with van der Waals surface area (Å²) in [6, 6.07) is 7.93. The number of nitrogens with zero attached hydrogens (tertiary/aromatic N) is 2. The van der Waals surface area contributed by atoms with Crippen LogP contribution >= 0.6 is 11.3 Å². The van der Waals surface area contributed by atoms with E-state index in [1.54, 1.807) is 0 Å². The van der Waals surface area contributed by atoms with Crippen LogP contribution in [0.3, 0.4) is 0 Å². The van der Waals surface area contributed by atoms with Gasteiger partial charge in [-0.05, 0) is 12.1 Å². The Labute approximate surface area is 133 Å². The third-order valence-corrected chi connectivity index (χ3v) is 4.35. The largest absolute Gasteiger partial charge is 0.355 e. The van der Waals surface area contributed by atoms with Crippen LogP contribution in [0.15, 0.2) is 29.3 Å². The first-order valence-electron chi connectivity index (χ1n) is 7.19. The third kappa shape index (κ3) is 3.82. The molecule has 22 heavy (non-hydrogen) atoms. The van der Waals surface area contributed by atoms with Gasteiger partial charge in [-0.25, -0.2) is 0 Å². The predicted octanol–water partition coefficient (Wildman–Crippen LogP) is 2.22. The number of nitrogens with one attached hydrogen (secondary N) is 1. The van der Waals surface area contributed by atoms with Crippen LogP contribution in [0.25, 0.3) is 10.2 Å². The molecule has 6 heteroatoms. The first-order valence-corrected chi connectivity index (χ1v) is 8.01. The topological polar surface area (TPSA) is 63.5 Å². The van der Waals surface area contributed by atoms with Gasteiger partial charge in [0, 0.05) is 25.4 Å². The molecule has 0 saturated heterocycles. The Bertz CT molecular complexity index is 766. The Morgan fingerprint density at radius 2 is 1.95 bits per heavy atom. The van der Waals surface area contributed by atoms with Crippen molar-refractivity contribution in [2.24, 2.45) is 17.5 Å². The highest BCUT2D eigenvalue weighted by Crippen LogP contribution is 2.15. The number of fused-ring (bicyclic) bond motifs is 1. The molecule has 0 saturated carbocycles. The van der Waals surface area contributed by atoms with E-state index in [1.807, 2.05) is 56.7 Å². The Balaban J connectivity index is 2.04. The van der Waals surface area contributed by atoms with E-state index in [1.165, 1.54) is 11.3 Å². The summed E-state index contributed by atoms with van der Waals surface area (Å²) in [5.74, 6) is -0.288. The van der Waals surface area contributed by atoms with Gasteiger partial charge >= 0.3 is 0 Å². The fraction of sp³-hybridized carbons (Fsp3) is 0.438. The lowest BCUT2D eigenvalue weighted by atomic mass is 9.96. The molecule has 0 bridgehead atoms. The van der Waals surface area contributed by atoms with Gasteiger partial charge in [-0.1, -0.05) is 44.2 Å². The van der Waals surface area contributed by atoms with Crippen LogP contribution in [0, 0.1) is 5.41 Å². The lowest BCUT2D eigenvalue weighted by Crippen LogP contribution is -2.36. The van der Waals surface area contributed by atoms with E-state index in [0.717, 1.165) is 10.2 Å². The van der Waals surface area contributed by atoms with E-state index < -0.39 is 5.41 Å². The summed E-state index contributed by atoms with van der Waals surface area (Å²) in [5.41, 5.74) is 0.609. The van der Waals surface area contributed by atoms with E-state index in [4.69, 9.17) is 0 Å². The quantitative estimate of drug-likeness (QED) is 0.943. The van der Waals surface area contributed by atoms with Crippen molar-refractivity contribution in [3.63, 3.8) is 0 Å². The van der Waals surface area contributed by atoms with Crippen LogP contribution in [0.4, 0.5) is 0 Å². The number of hydrogen-bond donors (Lipinski definition) is 1. The van der Waals surface area contributed by atoms with Crippen LogP contribution < -0.4 is 10.1 Å². The zero-order valence-electron chi connectivity index (χ0n) is 13.3. The van der Waals surface area contributed by atoms with E-state index in [-0.39, 0.29) is 18.2 Å². The molecule has 118 valence electrons. The summed E-state index contributed by atoms with van der Waals surface area (Å²) < 4.78 is 3.00. The third-order valence-electron chi connectivity index (χ3n) is 3.24. The van der Waals surface area contributed by atoms with Crippen molar-refractivity contribution in [1.29, 1.82) is 0 Å². The van der Waals surface area contributed by atoms with E-state index in [2.05, 4.69) is 10.3 Å². The number of amides is 2. The van der Waals surface area contributed by atoms with Crippen molar-refractivity contribution in [3.05, 3.63) is 29.1 Å². The van der Waals surface area contributed by atoms with Gasteiger partial charge < -0.3 is 9.88 Å². The van der Waals surface area contributed by atoms with Crippen LogP contribution in [-0.4, -0.2) is 22.9 Å². The van der Waals surface area contributed by atoms with Crippen molar-refractivity contribution >= 4 is 33.4 Å². The minimum absolute atomic E-state index is 0.0623. The molecule has 1 heterocycles. The zero-order valence-corrected chi connectivity index (χ0v) is 14.2. The summed E-state index contributed by atoms with van der Waals surface area (Å²) in [6.07, 6.45) is 0.204. The smallest absolute Gasteiger partial charge is 0.250 e. The number of aryl methyl sites for hydroxylation is 1. The average Bonchev–Trinajstić information content (AvgIpc) is 2.75. The molecule has 1 aromatic carbocycles. The second-order valence-corrected chi connectivity index (χ2v) is 7.18. The minimum atomic E-state index is -0.446. The predicted molar refractivity (Wildman–Crippen MR) is 88.4 cm³/mol. The molecule has 0 atom stereocenters. The number of aromatic nitrogens is 1. The molecular weight excluding hydrogens is 298 g/mol. The van der Waals surface area contributed by atoms with E-state index >= 15 is 0 Å². The molecule has 0 unspecified atom stereocenters. The molecule has 2 aromatic rings. The number of para-hydroxylation sites is 1. The van der Waals surface area contributed by atoms with Crippen molar-refractivity contribution < 1.29 is 9.59 Å². The van der Waals surface area contributed by atoms with Gasteiger partial charge in [-0.3, -0.25) is 9.59 Å². The van der Waals surface area contributed by atoms with E-state index in [9.17, 15) is 9.59 Å². The van der Waals surface area contributed by atoms with Crippen LogP contribution in [0.5, 0.6) is 0 Å². The number of hydrogen-bond acceptors (Lipinski definition) is 3. The number of carbonyl (C=O) groups is 2. The molecule has 0 aliphatic heterocycles. The lowest BCUT2D eigenvalue weighted by Gasteiger charge is -2.16. The maximum absolute atomic E-state index is 11.9. The molecule has 2 rings (SSSR count). The molecule has 1 aromatic heterocycles. The standard InChI is InChI=1S/C16H21N3O2S/c1-16(2,3)14(21)17-10-9-13(20)18-15-19(4)11-7-5-6-8-12(11)22-15/h5-8H,9-10H2,1-4H3,(H,17,21). The Morgan fingerprint density at radius 1 is 1.27 bits per heavy atom. The Morgan fingerprint density at radius 3 is 2.59 bits per heavy atom. The van der Waals surface area contributed by atoms with Crippen LogP contribution in [0.2, 0.25) is 0 Å². The molecule has 0 aliphatic rings. The second kappa shape index (κ2) is 6.44. The minimum Gasteiger partial charge on any atom is -0.355 e. The SMILES string of the molecule is Cn1c(=NC(=O)CCNC(=O)C(C)(C)C)sc2ccccc21. The number of thiazole rings is 1. The highest BCUT2D eigenvalue weighted by atomic mass is 32.1. The summed E-state index contributed by atoms with van der Waals surface area (Å²) in [4.78, 5) is 28.5. The maximum atomic E-state index is 11.9. The molecular formula is C16H21N3O2S. The molecule has 0 fully saturated rings. The van der Waals surface area contributed by atoms with Crippen molar-refractivity contribution in [3.8, 4) is 0 Å². The molecule has 0 radical (unpaired) electrons. The number of benzene rings is 1. The molecule has 2 amide bonds. The Kier molecular flexibility index (Phi) is 4.81. The molecule has 0 spiro atoms. The normalized spacial score (nSPS) is 12.6. The number of rotatable bonds is 3. The van der Waals surface area contributed by atoms with Gasteiger partial charge in [0.1, 0.15) is 0 Å². The zero-order chi connectivity index (χ0) is 16.3.